The quantitative estimate of drug-likeness (QED) is 0.347. The molecule has 1 aliphatic rings. The van der Waals surface area contributed by atoms with E-state index in [1.165, 1.54) is 4.90 Å². The highest BCUT2D eigenvalue weighted by molar-refractivity contribution is 6.31. The van der Waals surface area contributed by atoms with Gasteiger partial charge in [0.1, 0.15) is 0 Å². The number of amides is 1. The maximum Gasteiger partial charge on any atom is 0.264 e. The Morgan fingerprint density at radius 2 is 1.62 bits per heavy atom. The molecule has 0 aliphatic carbocycles. The van der Waals surface area contributed by atoms with Crippen molar-refractivity contribution in [2.24, 2.45) is 0 Å². The number of rotatable bonds is 6. The first-order valence-electron chi connectivity index (χ1n) is 10.7. The van der Waals surface area contributed by atoms with Gasteiger partial charge in [-0.05, 0) is 66.2 Å². The maximum absolute atomic E-state index is 13.5. The number of anilines is 1. The Bertz CT molecular complexity index is 1380. The van der Waals surface area contributed by atoms with E-state index in [9.17, 15) is 14.7 Å². The molecule has 4 aromatic rings. The van der Waals surface area contributed by atoms with Crippen LogP contribution < -0.4 is 4.90 Å². The lowest BCUT2D eigenvalue weighted by molar-refractivity contribution is -0.136. The average Bonchev–Trinajstić information content (AvgIpc) is 3.44. The first-order valence-corrected chi connectivity index (χ1v) is 11.5. The molecular weight excluding hydrogens is 471 g/mol. The van der Waals surface area contributed by atoms with E-state index in [4.69, 9.17) is 23.2 Å². The van der Waals surface area contributed by atoms with Crippen LogP contribution in [0, 0.1) is 0 Å². The summed E-state index contributed by atoms with van der Waals surface area (Å²) in [7, 11) is 0. The minimum atomic E-state index is -2.03. The topological polar surface area (TPSA) is 62.5 Å². The molecule has 1 aromatic heterocycles. The number of carbonyl (C=O) groups is 2. The summed E-state index contributed by atoms with van der Waals surface area (Å²) in [6.45, 7) is 0.162. The molecule has 34 heavy (non-hydrogen) atoms. The molecule has 2 heterocycles. The van der Waals surface area contributed by atoms with Gasteiger partial charge in [0.2, 0.25) is 0 Å². The fourth-order valence-electron chi connectivity index (χ4n) is 4.31. The molecule has 3 aromatic carbocycles. The van der Waals surface area contributed by atoms with Crippen LogP contribution in [0.2, 0.25) is 10.0 Å². The molecule has 1 unspecified atom stereocenters. The second kappa shape index (κ2) is 8.76. The Labute approximate surface area is 206 Å². The molecule has 170 valence electrons. The largest absolute Gasteiger partial charge is 0.375 e. The van der Waals surface area contributed by atoms with Gasteiger partial charge >= 0.3 is 0 Å². The smallest absolute Gasteiger partial charge is 0.264 e. The molecule has 0 bridgehead atoms. The van der Waals surface area contributed by atoms with Gasteiger partial charge in [0, 0.05) is 39.3 Å². The highest BCUT2D eigenvalue weighted by Crippen LogP contribution is 2.45. The van der Waals surface area contributed by atoms with Gasteiger partial charge in [-0.15, -0.1) is 0 Å². The third-order valence-corrected chi connectivity index (χ3v) is 6.69. The van der Waals surface area contributed by atoms with E-state index in [1.807, 2.05) is 59.4 Å². The molecule has 5 rings (SSSR count). The van der Waals surface area contributed by atoms with Crippen LogP contribution in [0.4, 0.5) is 5.69 Å². The summed E-state index contributed by atoms with van der Waals surface area (Å²) in [6, 6.07) is 22.9. The van der Waals surface area contributed by atoms with Crippen molar-refractivity contribution < 1.29 is 14.7 Å². The zero-order valence-electron chi connectivity index (χ0n) is 18.0. The monoisotopic (exact) mass is 490 g/mol. The van der Waals surface area contributed by atoms with Crippen molar-refractivity contribution in [2.45, 2.75) is 18.6 Å². The van der Waals surface area contributed by atoms with Crippen molar-refractivity contribution in [1.82, 2.24) is 4.57 Å². The van der Waals surface area contributed by atoms with Crippen molar-refractivity contribution in [3.8, 4) is 5.69 Å². The number of benzene rings is 3. The van der Waals surface area contributed by atoms with Crippen LogP contribution >= 0.6 is 23.2 Å². The van der Waals surface area contributed by atoms with Gasteiger partial charge < -0.3 is 14.6 Å². The van der Waals surface area contributed by atoms with Crippen molar-refractivity contribution in [3.63, 3.8) is 0 Å². The molecule has 0 saturated carbocycles. The molecule has 0 fully saturated rings. The number of hydrogen-bond acceptors (Lipinski definition) is 3. The van der Waals surface area contributed by atoms with Crippen LogP contribution in [0.1, 0.15) is 27.9 Å². The minimum Gasteiger partial charge on any atom is -0.375 e. The predicted molar refractivity (Wildman–Crippen MR) is 133 cm³/mol. The first kappa shape index (κ1) is 22.4. The van der Waals surface area contributed by atoms with Gasteiger partial charge in [-0.2, -0.15) is 0 Å². The van der Waals surface area contributed by atoms with E-state index in [0.29, 0.717) is 26.9 Å². The van der Waals surface area contributed by atoms with E-state index >= 15 is 0 Å². The Morgan fingerprint density at radius 3 is 2.32 bits per heavy atom. The Morgan fingerprint density at radius 1 is 0.912 bits per heavy atom. The fraction of sp³-hybridized carbons (Fsp3) is 0.111. The molecule has 0 saturated heterocycles. The molecule has 0 spiro atoms. The third-order valence-electron chi connectivity index (χ3n) is 6.09. The SMILES string of the molecule is O=C(CC1(O)C(=O)N(Cc2ccccc2Cl)c2ccc(Cl)cc21)c1ccc(-n2cccc2)cc1. The molecule has 5 nitrogen and oxygen atoms in total. The molecule has 1 aliphatic heterocycles. The number of aromatic nitrogens is 1. The van der Waals surface area contributed by atoms with Crippen LogP contribution in [-0.2, 0) is 16.9 Å². The highest BCUT2D eigenvalue weighted by Gasteiger charge is 2.51. The summed E-state index contributed by atoms with van der Waals surface area (Å²) in [4.78, 5) is 28.1. The van der Waals surface area contributed by atoms with Crippen LogP contribution in [0.5, 0.6) is 0 Å². The Balaban J connectivity index is 1.46. The zero-order chi connectivity index (χ0) is 23.9. The summed E-state index contributed by atoms with van der Waals surface area (Å²) < 4.78 is 1.92. The van der Waals surface area contributed by atoms with E-state index < -0.39 is 17.9 Å². The third kappa shape index (κ3) is 3.92. The van der Waals surface area contributed by atoms with Gasteiger partial charge in [-0.3, -0.25) is 9.59 Å². The predicted octanol–water partition coefficient (Wildman–Crippen LogP) is 5.79. The Hall–Kier alpha value is -3.38. The van der Waals surface area contributed by atoms with Crippen LogP contribution in [0.25, 0.3) is 5.69 Å². The summed E-state index contributed by atoms with van der Waals surface area (Å²) >= 11 is 12.5. The summed E-state index contributed by atoms with van der Waals surface area (Å²) in [5.41, 5.74) is 0.833. The lowest BCUT2D eigenvalue weighted by Gasteiger charge is -2.23. The number of Topliss-reactive ketones (excluding diaryl/α,β-unsaturated/α-hetero) is 1. The molecular formula is C27H20Cl2N2O3. The second-order valence-corrected chi connectivity index (χ2v) is 9.09. The Kier molecular flexibility index (Phi) is 5.78. The van der Waals surface area contributed by atoms with E-state index in [0.717, 1.165) is 11.3 Å². The summed E-state index contributed by atoms with van der Waals surface area (Å²) in [5, 5.41) is 12.5. The number of nitrogens with zero attached hydrogens (tertiary/aromatic N) is 2. The summed E-state index contributed by atoms with van der Waals surface area (Å²) in [6.07, 6.45) is 3.41. The first-order chi connectivity index (χ1) is 16.4. The average molecular weight is 491 g/mol. The standard InChI is InChI=1S/C27H20Cl2N2O3/c28-20-9-12-24-22(15-20)27(34,26(33)31(24)17-19-5-1-2-6-23(19)29)16-25(32)18-7-10-21(11-8-18)30-13-3-4-14-30/h1-15,34H,16-17H2. The van der Waals surface area contributed by atoms with Gasteiger partial charge in [0.15, 0.2) is 11.4 Å². The number of hydrogen-bond donors (Lipinski definition) is 1. The summed E-state index contributed by atoms with van der Waals surface area (Å²) in [5.74, 6) is -0.928. The number of aliphatic hydroxyl groups is 1. The maximum atomic E-state index is 13.5. The lowest BCUT2D eigenvalue weighted by atomic mass is 9.88. The van der Waals surface area contributed by atoms with Crippen molar-refractivity contribution >= 4 is 40.6 Å². The number of ketones is 1. The molecule has 7 heteroatoms. The van der Waals surface area contributed by atoms with E-state index in [1.54, 1.807) is 36.4 Å². The van der Waals surface area contributed by atoms with Gasteiger partial charge in [0.25, 0.3) is 5.91 Å². The number of fused-ring (bicyclic) bond motifs is 1. The molecule has 1 atom stereocenters. The van der Waals surface area contributed by atoms with E-state index in [-0.39, 0.29) is 12.3 Å². The minimum absolute atomic E-state index is 0.162. The van der Waals surface area contributed by atoms with Crippen molar-refractivity contribution in [1.29, 1.82) is 0 Å². The fourth-order valence-corrected chi connectivity index (χ4v) is 4.68. The molecule has 1 N–H and O–H groups in total. The number of halogens is 2. The highest BCUT2D eigenvalue weighted by atomic mass is 35.5. The normalized spacial score (nSPS) is 17.1. The van der Waals surface area contributed by atoms with Crippen LogP contribution in [0.3, 0.4) is 0 Å². The molecule has 0 radical (unpaired) electrons. The van der Waals surface area contributed by atoms with Gasteiger partial charge in [-0.25, -0.2) is 0 Å². The van der Waals surface area contributed by atoms with Crippen molar-refractivity contribution in [2.75, 3.05) is 4.90 Å². The van der Waals surface area contributed by atoms with E-state index in [2.05, 4.69) is 0 Å². The zero-order valence-corrected chi connectivity index (χ0v) is 19.5. The lowest BCUT2D eigenvalue weighted by Crippen LogP contribution is -2.41. The van der Waals surface area contributed by atoms with Gasteiger partial charge in [0.05, 0.1) is 18.7 Å². The van der Waals surface area contributed by atoms with Crippen molar-refractivity contribution in [3.05, 3.63) is 118 Å². The second-order valence-electron chi connectivity index (χ2n) is 8.24. The van der Waals surface area contributed by atoms with Gasteiger partial charge in [-0.1, -0.05) is 41.4 Å². The number of carbonyl (C=O) groups excluding carboxylic acids is 2. The molecule has 1 amide bonds. The van der Waals surface area contributed by atoms with Crippen LogP contribution in [0.15, 0.2) is 91.3 Å². The van der Waals surface area contributed by atoms with Crippen LogP contribution in [-0.4, -0.2) is 21.4 Å².